The van der Waals surface area contributed by atoms with Gasteiger partial charge in [0.1, 0.15) is 23.4 Å². The first-order valence-electron chi connectivity index (χ1n) is 15.4. The molecule has 8 heteroatoms. The molecule has 0 radical (unpaired) electrons. The number of halogens is 2. The smallest absolute Gasteiger partial charge is 0.318 e. The number of fused-ring (bicyclic) bond motifs is 1. The van der Waals surface area contributed by atoms with E-state index >= 15 is 0 Å². The summed E-state index contributed by atoms with van der Waals surface area (Å²) in [6, 6.07) is 5.93. The molecule has 0 fully saturated rings. The third-order valence-electron chi connectivity index (χ3n) is 8.39. The summed E-state index contributed by atoms with van der Waals surface area (Å²) >= 11 is 0. The fourth-order valence-electron chi connectivity index (χ4n) is 5.61. The number of hydrogen-bond acceptors (Lipinski definition) is 4. The highest BCUT2D eigenvalue weighted by molar-refractivity contribution is 5.97. The van der Waals surface area contributed by atoms with E-state index in [9.17, 15) is 13.6 Å². The fraction of sp³-hybridized carbons (Fsp3) is 0.588. The molecule has 1 aromatic carbocycles. The van der Waals surface area contributed by atoms with E-state index in [4.69, 9.17) is 14.5 Å². The number of aliphatic imine (C=N–C) groups is 1. The molecule has 0 saturated heterocycles. The van der Waals surface area contributed by atoms with Gasteiger partial charge in [-0.15, -0.1) is 0 Å². The number of allylic oxidation sites excluding steroid dienone is 1. The Morgan fingerprint density at radius 2 is 1.83 bits per heavy atom. The Bertz CT molecular complexity index is 1240. The van der Waals surface area contributed by atoms with Crippen LogP contribution in [-0.2, 0) is 9.53 Å². The quantitative estimate of drug-likeness (QED) is 0.153. The monoisotopic (exact) mass is 587 g/mol. The molecule has 0 bridgehead atoms. The zero-order valence-electron chi connectivity index (χ0n) is 27.0. The van der Waals surface area contributed by atoms with Crippen LogP contribution in [0, 0.1) is 11.8 Å². The van der Waals surface area contributed by atoms with Gasteiger partial charge in [-0.1, -0.05) is 40.0 Å². The molecule has 3 rings (SSSR count). The van der Waals surface area contributed by atoms with E-state index in [1.807, 2.05) is 78.3 Å². The summed E-state index contributed by atoms with van der Waals surface area (Å²) < 4.78 is 40.1. The SMILES string of the molecule is CCCCCOC1=CC2=NC=C(c3cc(OC(C)C)cc([N+](C)(C)C(=O)CC(C)C(CC)CC(C)(F)F)c3)[N+]2(C)C=C1. The van der Waals surface area contributed by atoms with Gasteiger partial charge in [-0.25, -0.2) is 22.5 Å². The first-order chi connectivity index (χ1) is 19.6. The Labute approximate surface area is 251 Å². The predicted molar refractivity (Wildman–Crippen MR) is 168 cm³/mol. The molecule has 2 aliphatic heterocycles. The lowest BCUT2D eigenvalue weighted by atomic mass is 9.84. The highest BCUT2D eigenvalue weighted by atomic mass is 19.3. The van der Waals surface area contributed by atoms with Crippen LogP contribution in [-0.4, -0.2) is 56.0 Å². The number of likely N-dealkylation sites (N-methyl/N-ethyl adjacent to an activating group) is 1. The summed E-state index contributed by atoms with van der Waals surface area (Å²) in [5, 5.41) is 0. The van der Waals surface area contributed by atoms with E-state index in [1.165, 1.54) is 0 Å². The van der Waals surface area contributed by atoms with Crippen molar-refractivity contribution in [2.24, 2.45) is 16.8 Å². The average Bonchev–Trinajstić information content (AvgIpc) is 3.24. The van der Waals surface area contributed by atoms with Crippen molar-refractivity contribution in [1.82, 2.24) is 4.48 Å². The van der Waals surface area contributed by atoms with Crippen molar-refractivity contribution in [3.63, 3.8) is 0 Å². The van der Waals surface area contributed by atoms with E-state index in [0.29, 0.717) is 23.3 Å². The number of carbonyl (C=O) groups is 1. The van der Waals surface area contributed by atoms with Crippen molar-refractivity contribution >= 4 is 23.1 Å². The van der Waals surface area contributed by atoms with Gasteiger partial charge in [0, 0.05) is 30.2 Å². The summed E-state index contributed by atoms with van der Waals surface area (Å²) in [4.78, 5) is 18.5. The molecule has 3 unspecified atom stereocenters. The van der Waals surface area contributed by atoms with Gasteiger partial charge >= 0.3 is 5.91 Å². The zero-order valence-corrected chi connectivity index (χ0v) is 27.0. The van der Waals surface area contributed by atoms with Gasteiger partial charge in [0.15, 0.2) is 5.70 Å². The van der Waals surface area contributed by atoms with Gasteiger partial charge in [0.05, 0.1) is 52.6 Å². The highest BCUT2D eigenvalue weighted by Crippen LogP contribution is 2.40. The fourth-order valence-corrected chi connectivity index (χ4v) is 5.61. The number of alkyl halides is 2. The number of carbonyl (C=O) groups excluding carboxylic acids is 1. The minimum absolute atomic E-state index is 0.0260. The van der Waals surface area contributed by atoms with Crippen LogP contribution in [0.1, 0.15) is 85.6 Å². The third-order valence-corrected chi connectivity index (χ3v) is 8.39. The van der Waals surface area contributed by atoms with Crippen molar-refractivity contribution in [3.8, 4) is 5.75 Å². The average molecular weight is 588 g/mol. The largest absolute Gasteiger partial charge is 0.493 e. The number of ether oxygens (including phenoxy) is 2. The van der Waals surface area contributed by atoms with Crippen molar-refractivity contribution in [2.45, 2.75) is 92.1 Å². The lowest BCUT2D eigenvalue weighted by molar-refractivity contribution is -0.681. The molecule has 232 valence electrons. The maximum atomic E-state index is 13.8. The minimum Gasteiger partial charge on any atom is -0.493 e. The topological polar surface area (TPSA) is 47.9 Å². The predicted octanol–water partition coefficient (Wildman–Crippen LogP) is 8.44. The maximum absolute atomic E-state index is 13.8. The highest BCUT2D eigenvalue weighted by Gasteiger charge is 2.41. The number of amidine groups is 1. The normalized spacial score (nSPS) is 20.0. The molecular formula is C34H51F2N3O3+2. The van der Waals surface area contributed by atoms with E-state index in [1.54, 1.807) is 0 Å². The number of quaternary nitrogens is 2. The number of benzene rings is 1. The molecule has 0 N–H and O–H groups in total. The van der Waals surface area contributed by atoms with Gasteiger partial charge in [0.2, 0.25) is 11.8 Å². The van der Waals surface area contributed by atoms with Gasteiger partial charge in [-0.2, -0.15) is 4.99 Å². The van der Waals surface area contributed by atoms with Crippen molar-refractivity contribution in [3.05, 3.63) is 54.1 Å². The molecule has 2 aliphatic rings. The second kappa shape index (κ2) is 13.6. The van der Waals surface area contributed by atoms with Gasteiger partial charge in [0.25, 0.3) is 0 Å². The van der Waals surface area contributed by atoms with Crippen molar-refractivity contribution < 1.29 is 27.5 Å². The molecular weight excluding hydrogens is 536 g/mol. The molecule has 0 saturated carbocycles. The van der Waals surface area contributed by atoms with Gasteiger partial charge < -0.3 is 9.47 Å². The Hall–Kier alpha value is -2.84. The molecule has 0 aliphatic carbocycles. The molecule has 3 atom stereocenters. The molecule has 0 aromatic heterocycles. The third kappa shape index (κ3) is 8.16. The molecule has 1 amide bonds. The lowest BCUT2D eigenvalue weighted by Gasteiger charge is -2.32. The van der Waals surface area contributed by atoms with Crippen LogP contribution < -0.4 is 9.22 Å². The molecule has 0 spiro atoms. The Kier molecular flexibility index (Phi) is 10.9. The van der Waals surface area contributed by atoms with Crippen molar-refractivity contribution in [2.75, 3.05) is 27.7 Å². The summed E-state index contributed by atoms with van der Waals surface area (Å²) in [5.74, 6) is -0.863. The zero-order chi connectivity index (χ0) is 31.3. The number of unbranched alkanes of at least 4 members (excludes halogenated alkanes) is 2. The Balaban J connectivity index is 1.89. The van der Waals surface area contributed by atoms with Crippen LogP contribution in [0.15, 0.2) is 53.5 Å². The maximum Gasteiger partial charge on any atom is 0.318 e. The lowest BCUT2D eigenvalue weighted by Crippen LogP contribution is -2.47. The summed E-state index contributed by atoms with van der Waals surface area (Å²) in [6.07, 6.45) is 11.8. The van der Waals surface area contributed by atoms with E-state index in [-0.39, 0.29) is 41.2 Å². The first kappa shape index (κ1) is 33.7. The summed E-state index contributed by atoms with van der Waals surface area (Å²) in [5.41, 5.74) is 2.63. The van der Waals surface area contributed by atoms with Crippen LogP contribution >= 0.6 is 0 Å². The molecule has 1 aromatic rings. The summed E-state index contributed by atoms with van der Waals surface area (Å²) in [6.45, 7) is 11.6. The van der Waals surface area contributed by atoms with Gasteiger partial charge in [-0.3, -0.25) is 0 Å². The standard InChI is InChI=1S/C34H51F2N3O3/c1-10-12-13-16-41-29-14-15-39(9)31(23-37-32(39)21-29)27-18-28(20-30(19-27)42-24(3)4)38(7,8)33(40)17-25(5)26(11-2)22-34(6,35)36/h14-15,18-21,23-26H,10-13,16-17,22H2,1-9H3/q+2. The second-order valence-electron chi connectivity index (χ2n) is 12.8. The minimum atomic E-state index is -2.76. The number of hydrogen-bond donors (Lipinski definition) is 0. The van der Waals surface area contributed by atoms with Crippen LogP contribution in [0.25, 0.3) is 5.70 Å². The Morgan fingerprint density at radius 3 is 2.45 bits per heavy atom. The van der Waals surface area contributed by atoms with Gasteiger partial charge in [-0.05, 0) is 45.1 Å². The Morgan fingerprint density at radius 1 is 1.12 bits per heavy atom. The van der Waals surface area contributed by atoms with E-state index < -0.39 is 5.92 Å². The van der Waals surface area contributed by atoms with Crippen molar-refractivity contribution in [1.29, 1.82) is 0 Å². The van der Waals surface area contributed by atoms with Crippen LogP contribution in [0.4, 0.5) is 14.5 Å². The number of amides is 1. The van der Waals surface area contributed by atoms with E-state index in [2.05, 4.69) is 20.2 Å². The summed E-state index contributed by atoms with van der Waals surface area (Å²) in [7, 11) is 5.79. The first-order valence-corrected chi connectivity index (χ1v) is 15.4. The molecule has 2 heterocycles. The van der Waals surface area contributed by atoms with E-state index in [0.717, 1.165) is 54.7 Å². The molecule has 6 nitrogen and oxygen atoms in total. The number of rotatable bonds is 15. The van der Waals surface area contributed by atoms with Crippen LogP contribution in [0.2, 0.25) is 0 Å². The van der Waals surface area contributed by atoms with Crippen LogP contribution in [0.5, 0.6) is 5.75 Å². The molecule has 42 heavy (non-hydrogen) atoms. The second-order valence-corrected chi connectivity index (χ2v) is 12.8. The van der Waals surface area contributed by atoms with Crippen LogP contribution in [0.3, 0.4) is 0 Å². The number of nitrogens with zero attached hydrogens (tertiary/aromatic N) is 3.